The van der Waals surface area contributed by atoms with Crippen molar-refractivity contribution in [2.24, 2.45) is 22.9 Å². The van der Waals surface area contributed by atoms with E-state index in [1.54, 1.807) is 0 Å². The van der Waals surface area contributed by atoms with Gasteiger partial charge in [-0.1, -0.05) is 12.8 Å². The van der Waals surface area contributed by atoms with Crippen LogP contribution in [0, 0.1) is 10.8 Å². The highest BCUT2D eigenvalue weighted by Gasteiger charge is 2.01. The van der Waals surface area contributed by atoms with Gasteiger partial charge in [-0.25, -0.2) is 0 Å². The monoisotopic (exact) mass is 288 g/mol. The molecule has 0 saturated carbocycles. The van der Waals surface area contributed by atoms with Gasteiger partial charge in [0.25, 0.3) is 0 Å². The largest absolute Gasteiger partial charge is 0.370 e. The molecule has 0 saturated heterocycles. The lowest BCUT2D eigenvalue weighted by Crippen LogP contribution is -2.54. The topological polar surface area (TPSA) is 200 Å². The van der Waals surface area contributed by atoms with Crippen LogP contribution in [-0.2, 0) is 0 Å². The van der Waals surface area contributed by atoms with E-state index < -0.39 is 12.6 Å². The maximum atomic E-state index is 7.00. The molecule has 0 aromatic carbocycles. The second-order valence-corrected chi connectivity index (χ2v) is 4.39. The standard InChI is InChI=1S/C10H28N10/c11-7(12)19-9(15)17-5-3-1-2-4-6-18-10(16)20-8(13)14/h9-10,17-18H,1-6,15-16H2,(H4,11,12,19)(H4,13,14,20). The Bertz CT molecular complexity index is 253. The Morgan fingerprint density at radius 2 is 1.10 bits per heavy atom. The minimum Gasteiger partial charge on any atom is -0.370 e. The summed E-state index contributed by atoms with van der Waals surface area (Å²) < 4.78 is 0. The number of hydrogen-bond donors (Lipinski definition) is 10. The smallest absolute Gasteiger partial charge is 0.187 e. The van der Waals surface area contributed by atoms with Gasteiger partial charge in [0, 0.05) is 0 Å². The maximum Gasteiger partial charge on any atom is 0.187 e. The van der Waals surface area contributed by atoms with Crippen LogP contribution in [0.5, 0.6) is 0 Å². The first-order chi connectivity index (χ1) is 9.41. The lowest BCUT2D eigenvalue weighted by molar-refractivity contribution is 0.462. The van der Waals surface area contributed by atoms with Crippen LogP contribution < -0.4 is 44.2 Å². The van der Waals surface area contributed by atoms with Crippen LogP contribution in [0.1, 0.15) is 25.7 Å². The zero-order chi connectivity index (χ0) is 15.4. The van der Waals surface area contributed by atoms with E-state index in [9.17, 15) is 0 Å². The van der Waals surface area contributed by atoms with Crippen LogP contribution in [0.15, 0.2) is 0 Å². The van der Waals surface area contributed by atoms with Crippen LogP contribution in [0.25, 0.3) is 0 Å². The van der Waals surface area contributed by atoms with Crippen LogP contribution in [-0.4, -0.2) is 37.6 Å². The quantitative estimate of drug-likeness (QED) is 0.0829. The molecular formula is C10H28N10. The normalized spacial score (nSPS) is 13.5. The lowest BCUT2D eigenvalue weighted by Gasteiger charge is -2.16. The van der Waals surface area contributed by atoms with E-state index in [1.807, 2.05) is 0 Å². The Hall–Kier alpha value is -1.62. The lowest BCUT2D eigenvalue weighted by atomic mass is 10.2. The molecule has 0 fully saturated rings. The number of rotatable bonds is 11. The predicted octanol–water partition coefficient (Wildman–Crippen LogP) is -2.82. The van der Waals surface area contributed by atoms with Gasteiger partial charge < -0.3 is 22.1 Å². The van der Waals surface area contributed by atoms with Gasteiger partial charge in [0.05, 0.1) is 0 Å². The van der Waals surface area contributed by atoms with Crippen molar-refractivity contribution in [1.29, 1.82) is 10.8 Å². The number of unbranched alkanes of at least 4 members (excludes halogenated alkanes) is 3. The van der Waals surface area contributed by atoms with Gasteiger partial charge in [-0.3, -0.25) is 32.9 Å². The minimum absolute atomic E-state index is 0.147. The summed E-state index contributed by atoms with van der Waals surface area (Å²) in [5.74, 6) is -0.293. The third-order valence-corrected chi connectivity index (χ3v) is 2.45. The Morgan fingerprint density at radius 1 is 0.750 bits per heavy atom. The first-order valence-corrected chi connectivity index (χ1v) is 6.61. The van der Waals surface area contributed by atoms with Crippen LogP contribution in [0.4, 0.5) is 0 Å². The first-order valence-electron chi connectivity index (χ1n) is 6.61. The Kier molecular flexibility index (Phi) is 10.3. The average Bonchev–Trinajstić information content (AvgIpc) is 2.30. The van der Waals surface area contributed by atoms with Crippen molar-refractivity contribution in [3.8, 4) is 0 Å². The maximum absolute atomic E-state index is 7.00. The van der Waals surface area contributed by atoms with Crippen molar-refractivity contribution >= 4 is 11.9 Å². The summed E-state index contributed by atoms with van der Waals surface area (Å²) in [5, 5.41) is 25.1. The van der Waals surface area contributed by atoms with Gasteiger partial charge >= 0.3 is 0 Å². The van der Waals surface area contributed by atoms with Gasteiger partial charge in [-0.05, 0) is 25.9 Å². The highest BCUT2D eigenvalue weighted by molar-refractivity contribution is 5.74. The van der Waals surface area contributed by atoms with Crippen molar-refractivity contribution in [2.75, 3.05) is 13.1 Å². The highest BCUT2D eigenvalue weighted by Crippen LogP contribution is 1.97. The van der Waals surface area contributed by atoms with E-state index in [4.69, 9.17) is 33.8 Å². The van der Waals surface area contributed by atoms with E-state index in [2.05, 4.69) is 21.3 Å². The molecule has 20 heavy (non-hydrogen) atoms. The van der Waals surface area contributed by atoms with E-state index >= 15 is 0 Å². The summed E-state index contributed by atoms with van der Waals surface area (Å²) in [6.07, 6.45) is 3.15. The molecule has 0 spiro atoms. The molecule has 14 N–H and O–H groups in total. The molecule has 0 aliphatic heterocycles. The summed E-state index contributed by atoms with van der Waals surface area (Å²) in [5.41, 5.74) is 21.5. The number of nitrogens with one attached hydrogen (secondary N) is 6. The van der Waals surface area contributed by atoms with E-state index in [1.165, 1.54) is 0 Å². The average molecular weight is 288 g/mol. The third-order valence-electron chi connectivity index (χ3n) is 2.45. The fraction of sp³-hybridized carbons (Fsp3) is 0.800. The van der Waals surface area contributed by atoms with Crippen LogP contribution in [0.2, 0.25) is 0 Å². The Balaban J connectivity index is 3.28. The predicted molar refractivity (Wildman–Crippen MR) is 80.5 cm³/mol. The second kappa shape index (κ2) is 11.2. The molecule has 118 valence electrons. The zero-order valence-corrected chi connectivity index (χ0v) is 11.7. The van der Waals surface area contributed by atoms with Crippen molar-refractivity contribution in [3.63, 3.8) is 0 Å². The molecule has 0 aliphatic rings. The molecule has 0 heterocycles. The molecule has 2 atom stereocenters. The zero-order valence-electron chi connectivity index (χ0n) is 11.7. The summed E-state index contributed by atoms with van der Waals surface area (Å²) in [4.78, 5) is 0. The van der Waals surface area contributed by atoms with Gasteiger partial charge in [-0.15, -0.1) is 0 Å². The van der Waals surface area contributed by atoms with E-state index in [-0.39, 0.29) is 11.9 Å². The van der Waals surface area contributed by atoms with Crippen molar-refractivity contribution in [3.05, 3.63) is 0 Å². The summed E-state index contributed by atoms with van der Waals surface area (Å²) in [7, 11) is 0. The summed E-state index contributed by atoms with van der Waals surface area (Å²) in [6, 6.07) is 0. The number of nitrogens with two attached hydrogens (primary N) is 4. The van der Waals surface area contributed by atoms with Gasteiger partial charge in [-0.2, -0.15) is 0 Å². The van der Waals surface area contributed by atoms with Gasteiger partial charge in [0.2, 0.25) is 0 Å². The van der Waals surface area contributed by atoms with Crippen molar-refractivity contribution in [2.45, 2.75) is 38.3 Å². The molecule has 2 unspecified atom stereocenters. The molecule has 0 aromatic rings. The highest BCUT2D eigenvalue weighted by atomic mass is 15.3. The van der Waals surface area contributed by atoms with E-state index in [0.717, 1.165) is 38.8 Å². The fourth-order valence-corrected chi connectivity index (χ4v) is 1.56. The molecule has 10 heteroatoms. The fourth-order valence-electron chi connectivity index (χ4n) is 1.56. The number of hydrogen-bond acceptors (Lipinski definition) is 6. The molecule has 0 radical (unpaired) electrons. The van der Waals surface area contributed by atoms with Crippen LogP contribution in [0.3, 0.4) is 0 Å². The number of guanidine groups is 2. The minimum atomic E-state index is -0.482. The Labute approximate surface area is 119 Å². The molecule has 0 bridgehead atoms. The Morgan fingerprint density at radius 3 is 1.40 bits per heavy atom. The van der Waals surface area contributed by atoms with E-state index in [0.29, 0.717) is 0 Å². The van der Waals surface area contributed by atoms with Gasteiger partial charge in [0.15, 0.2) is 11.9 Å². The summed E-state index contributed by atoms with van der Waals surface area (Å²) >= 11 is 0. The molecule has 10 nitrogen and oxygen atoms in total. The van der Waals surface area contributed by atoms with Crippen LogP contribution >= 0.6 is 0 Å². The van der Waals surface area contributed by atoms with Gasteiger partial charge in [0.1, 0.15) is 12.6 Å². The molecule has 0 amide bonds. The molecule has 0 rings (SSSR count). The van der Waals surface area contributed by atoms with Crippen molar-refractivity contribution < 1.29 is 0 Å². The molecule has 0 aliphatic carbocycles. The third kappa shape index (κ3) is 12.8. The first kappa shape index (κ1) is 18.4. The molecule has 0 aromatic heterocycles. The summed E-state index contributed by atoms with van der Waals surface area (Å²) in [6.45, 7) is 1.53. The van der Waals surface area contributed by atoms with Crippen molar-refractivity contribution in [1.82, 2.24) is 21.3 Å². The second-order valence-electron chi connectivity index (χ2n) is 4.39. The molecular weight excluding hydrogens is 260 g/mol. The SMILES string of the molecule is N=C(N)NC(N)NCCCCCCNC(N)NC(=N)N.